The fourth-order valence-electron chi connectivity index (χ4n) is 2.00. The van der Waals surface area contributed by atoms with E-state index >= 15 is 0 Å². The zero-order valence-electron chi connectivity index (χ0n) is 8.29. The van der Waals surface area contributed by atoms with Crippen LogP contribution in [-0.4, -0.2) is 10.9 Å². The molecule has 1 aromatic rings. The van der Waals surface area contributed by atoms with E-state index in [1.807, 2.05) is 12.3 Å². The Morgan fingerprint density at radius 2 is 2.50 bits per heavy atom. The van der Waals surface area contributed by atoms with Gasteiger partial charge in [-0.3, -0.25) is 9.78 Å². The smallest absolute Gasteiger partial charge is 0.217 e. The summed E-state index contributed by atoms with van der Waals surface area (Å²) in [5.74, 6) is 0.0340. The van der Waals surface area contributed by atoms with Crippen molar-refractivity contribution >= 4 is 5.91 Å². The highest BCUT2D eigenvalue weighted by molar-refractivity contribution is 5.73. The average molecular weight is 190 g/mol. The minimum Gasteiger partial charge on any atom is -0.349 e. The van der Waals surface area contributed by atoms with Gasteiger partial charge in [0.15, 0.2) is 0 Å². The molecule has 1 aromatic heterocycles. The molecule has 1 N–H and O–H groups in total. The van der Waals surface area contributed by atoms with Gasteiger partial charge >= 0.3 is 0 Å². The predicted molar refractivity (Wildman–Crippen MR) is 53.7 cm³/mol. The molecule has 74 valence electrons. The number of fused-ring (bicyclic) bond motifs is 1. The lowest BCUT2D eigenvalue weighted by atomic mass is 9.91. The summed E-state index contributed by atoms with van der Waals surface area (Å²) in [5, 5.41) is 2.96. The highest BCUT2D eigenvalue weighted by Crippen LogP contribution is 2.27. The van der Waals surface area contributed by atoms with Crippen molar-refractivity contribution in [3.63, 3.8) is 0 Å². The van der Waals surface area contributed by atoms with Crippen LogP contribution in [0.2, 0.25) is 0 Å². The van der Waals surface area contributed by atoms with Gasteiger partial charge in [-0.15, -0.1) is 0 Å². The van der Waals surface area contributed by atoms with Crippen LogP contribution in [0, 0.1) is 0 Å². The number of hydrogen-bond donors (Lipinski definition) is 1. The number of hydrogen-bond acceptors (Lipinski definition) is 2. The quantitative estimate of drug-likeness (QED) is 0.730. The van der Waals surface area contributed by atoms with Gasteiger partial charge in [-0.1, -0.05) is 6.07 Å². The normalized spacial score (nSPS) is 19.9. The molecule has 0 fully saturated rings. The predicted octanol–water partition coefficient (Wildman–Crippen LogP) is 1.60. The number of aromatic nitrogens is 1. The lowest BCUT2D eigenvalue weighted by Crippen LogP contribution is -2.29. The van der Waals surface area contributed by atoms with Gasteiger partial charge in [0, 0.05) is 18.8 Å². The molecule has 1 heterocycles. The topological polar surface area (TPSA) is 42.0 Å². The fourth-order valence-corrected chi connectivity index (χ4v) is 2.00. The van der Waals surface area contributed by atoms with Gasteiger partial charge in [0.25, 0.3) is 0 Å². The Kier molecular flexibility index (Phi) is 2.48. The number of nitrogens with zero attached hydrogens (tertiary/aromatic N) is 1. The fraction of sp³-hybridized carbons (Fsp3) is 0.455. The summed E-state index contributed by atoms with van der Waals surface area (Å²) in [6.07, 6.45) is 4.98. The van der Waals surface area contributed by atoms with Crippen LogP contribution >= 0.6 is 0 Å². The number of aryl methyl sites for hydroxylation is 1. The molecule has 0 spiro atoms. The van der Waals surface area contributed by atoms with Crippen LogP contribution in [-0.2, 0) is 11.2 Å². The van der Waals surface area contributed by atoms with Crippen molar-refractivity contribution in [2.45, 2.75) is 32.2 Å². The average Bonchev–Trinajstić information content (AvgIpc) is 2.18. The number of rotatable bonds is 1. The summed E-state index contributed by atoms with van der Waals surface area (Å²) < 4.78 is 0. The summed E-state index contributed by atoms with van der Waals surface area (Å²) in [7, 11) is 0. The van der Waals surface area contributed by atoms with Gasteiger partial charge in [0.1, 0.15) is 0 Å². The van der Waals surface area contributed by atoms with Crippen molar-refractivity contribution in [1.29, 1.82) is 0 Å². The molecule has 0 saturated heterocycles. The van der Waals surface area contributed by atoms with Gasteiger partial charge in [0.2, 0.25) is 5.91 Å². The Balaban J connectivity index is 2.26. The lowest BCUT2D eigenvalue weighted by molar-refractivity contribution is -0.119. The number of pyridine rings is 1. The molecule has 1 aliphatic rings. The SMILES string of the molecule is CC(=O)N[C@@H]1CCCc2ncccc21. The van der Waals surface area contributed by atoms with Gasteiger partial charge in [-0.2, -0.15) is 0 Å². The van der Waals surface area contributed by atoms with Crippen molar-refractivity contribution in [3.05, 3.63) is 29.6 Å². The van der Waals surface area contributed by atoms with E-state index in [0.717, 1.165) is 25.0 Å². The van der Waals surface area contributed by atoms with E-state index in [0.29, 0.717) is 0 Å². The maximum Gasteiger partial charge on any atom is 0.217 e. The van der Waals surface area contributed by atoms with Crippen LogP contribution in [0.3, 0.4) is 0 Å². The number of nitrogens with one attached hydrogen (secondary N) is 1. The molecule has 1 amide bonds. The van der Waals surface area contributed by atoms with Crippen LogP contribution < -0.4 is 5.32 Å². The molecule has 0 aliphatic heterocycles. The standard InChI is InChI=1S/C11H14N2O/c1-8(14)13-11-6-2-5-10-9(11)4-3-7-12-10/h3-4,7,11H,2,5-6H2,1H3,(H,13,14)/t11-/m1/s1. The summed E-state index contributed by atoms with van der Waals surface area (Å²) in [4.78, 5) is 15.3. The van der Waals surface area contributed by atoms with Crippen LogP contribution in [0.5, 0.6) is 0 Å². The molecule has 14 heavy (non-hydrogen) atoms. The molecule has 2 rings (SSSR count). The van der Waals surface area contributed by atoms with Crippen molar-refractivity contribution in [2.24, 2.45) is 0 Å². The van der Waals surface area contributed by atoms with E-state index in [1.54, 1.807) is 6.92 Å². The first-order chi connectivity index (χ1) is 6.77. The largest absolute Gasteiger partial charge is 0.349 e. The molecule has 1 atom stereocenters. The molecule has 0 unspecified atom stereocenters. The van der Waals surface area contributed by atoms with Crippen LogP contribution in [0.1, 0.15) is 37.1 Å². The van der Waals surface area contributed by atoms with Crippen LogP contribution in [0.15, 0.2) is 18.3 Å². The van der Waals surface area contributed by atoms with E-state index in [2.05, 4.69) is 16.4 Å². The Morgan fingerprint density at radius 1 is 1.64 bits per heavy atom. The summed E-state index contributed by atoms with van der Waals surface area (Å²) in [5.41, 5.74) is 2.33. The molecule has 3 nitrogen and oxygen atoms in total. The number of carbonyl (C=O) groups excluding carboxylic acids is 1. The highest BCUT2D eigenvalue weighted by Gasteiger charge is 2.20. The van der Waals surface area contributed by atoms with E-state index in [4.69, 9.17) is 0 Å². The first-order valence-corrected chi connectivity index (χ1v) is 4.98. The Morgan fingerprint density at radius 3 is 3.29 bits per heavy atom. The van der Waals surface area contributed by atoms with Crippen molar-refractivity contribution < 1.29 is 4.79 Å². The zero-order valence-corrected chi connectivity index (χ0v) is 8.29. The van der Waals surface area contributed by atoms with E-state index in [1.165, 1.54) is 5.56 Å². The van der Waals surface area contributed by atoms with E-state index < -0.39 is 0 Å². The molecule has 0 radical (unpaired) electrons. The highest BCUT2D eigenvalue weighted by atomic mass is 16.1. The second-order valence-electron chi connectivity index (χ2n) is 3.68. The second kappa shape index (κ2) is 3.78. The monoisotopic (exact) mass is 190 g/mol. The van der Waals surface area contributed by atoms with Gasteiger partial charge in [-0.25, -0.2) is 0 Å². The third-order valence-electron chi connectivity index (χ3n) is 2.58. The van der Waals surface area contributed by atoms with Gasteiger partial charge in [0.05, 0.1) is 6.04 Å². The van der Waals surface area contributed by atoms with Crippen LogP contribution in [0.4, 0.5) is 0 Å². The van der Waals surface area contributed by atoms with Crippen molar-refractivity contribution in [2.75, 3.05) is 0 Å². The Labute approximate surface area is 83.5 Å². The van der Waals surface area contributed by atoms with E-state index in [9.17, 15) is 4.79 Å². The summed E-state index contributed by atoms with van der Waals surface area (Å²) >= 11 is 0. The molecule has 1 aliphatic carbocycles. The third kappa shape index (κ3) is 1.76. The maximum atomic E-state index is 11.0. The Hall–Kier alpha value is -1.38. The first kappa shape index (κ1) is 9.19. The third-order valence-corrected chi connectivity index (χ3v) is 2.58. The molecule has 0 bridgehead atoms. The Bertz CT molecular complexity index is 349. The summed E-state index contributed by atoms with van der Waals surface area (Å²) in [6.45, 7) is 1.56. The number of amides is 1. The second-order valence-corrected chi connectivity index (χ2v) is 3.68. The minimum absolute atomic E-state index is 0.0340. The summed E-state index contributed by atoms with van der Waals surface area (Å²) in [6, 6.07) is 4.16. The van der Waals surface area contributed by atoms with Crippen LogP contribution in [0.25, 0.3) is 0 Å². The van der Waals surface area contributed by atoms with Gasteiger partial charge < -0.3 is 5.32 Å². The first-order valence-electron chi connectivity index (χ1n) is 4.98. The maximum absolute atomic E-state index is 11.0. The molecular weight excluding hydrogens is 176 g/mol. The molecular formula is C11H14N2O. The van der Waals surface area contributed by atoms with Gasteiger partial charge in [-0.05, 0) is 30.9 Å². The lowest BCUT2D eigenvalue weighted by Gasteiger charge is -2.24. The van der Waals surface area contributed by atoms with Crippen molar-refractivity contribution in [3.8, 4) is 0 Å². The van der Waals surface area contributed by atoms with Crippen molar-refractivity contribution in [1.82, 2.24) is 10.3 Å². The molecule has 3 heteroatoms. The zero-order chi connectivity index (χ0) is 9.97. The molecule has 0 saturated carbocycles. The van der Waals surface area contributed by atoms with E-state index in [-0.39, 0.29) is 11.9 Å². The minimum atomic E-state index is 0.0340. The number of carbonyl (C=O) groups is 1. The molecule has 0 aromatic carbocycles.